The first-order chi connectivity index (χ1) is 10.0. The first kappa shape index (κ1) is 13.7. The van der Waals surface area contributed by atoms with E-state index >= 15 is 0 Å². The van der Waals surface area contributed by atoms with Gasteiger partial charge in [0, 0.05) is 18.0 Å². The van der Waals surface area contributed by atoms with Crippen LogP contribution in [0.4, 0.5) is 0 Å². The number of hydroxylamine groups is 3. The molecule has 1 atom stereocenters. The molecule has 5 heteroatoms. The van der Waals surface area contributed by atoms with Crippen LogP contribution in [0.25, 0.3) is 0 Å². The highest BCUT2D eigenvalue weighted by molar-refractivity contribution is 6.04. The molecular weight excluding hydrogens is 266 g/mol. The summed E-state index contributed by atoms with van der Waals surface area (Å²) in [5.41, 5.74) is 1.22. The highest BCUT2D eigenvalue weighted by Crippen LogP contribution is 2.36. The summed E-state index contributed by atoms with van der Waals surface area (Å²) < 4.78 is 0.867. The molecule has 1 N–H and O–H groups in total. The summed E-state index contributed by atoms with van der Waals surface area (Å²) in [6, 6.07) is 13.0. The number of pyridine rings is 1. The number of rotatable bonds is 2. The minimum atomic E-state index is -0.788. The van der Waals surface area contributed by atoms with Gasteiger partial charge in [-0.25, -0.2) is 0 Å². The van der Waals surface area contributed by atoms with E-state index in [0.717, 1.165) is 15.4 Å². The lowest BCUT2D eigenvalue weighted by atomic mass is 9.93. The second-order valence-corrected chi connectivity index (χ2v) is 5.60. The maximum atomic E-state index is 12.8. The van der Waals surface area contributed by atoms with E-state index in [0.29, 0.717) is 11.3 Å². The van der Waals surface area contributed by atoms with Gasteiger partial charge in [0.1, 0.15) is 5.54 Å². The van der Waals surface area contributed by atoms with Crippen LogP contribution in [0.5, 0.6) is 0 Å². The van der Waals surface area contributed by atoms with E-state index in [2.05, 4.69) is 4.98 Å². The van der Waals surface area contributed by atoms with Crippen molar-refractivity contribution in [1.29, 1.82) is 0 Å². The number of hydrogen-bond acceptors (Lipinski definition) is 4. The molecule has 0 fully saturated rings. The van der Waals surface area contributed by atoms with E-state index in [-0.39, 0.29) is 0 Å². The van der Waals surface area contributed by atoms with E-state index < -0.39 is 11.7 Å². The van der Waals surface area contributed by atoms with E-state index in [4.69, 9.17) is 0 Å². The number of benzene rings is 1. The smallest absolute Gasteiger partial charge is 0.269 e. The van der Waals surface area contributed by atoms with Crippen LogP contribution in [-0.2, 0) is 0 Å². The first-order valence-electron chi connectivity index (χ1n) is 6.81. The molecule has 0 bridgehead atoms. The van der Waals surface area contributed by atoms with Crippen molar-refractivity contribution in [2.75, 3.05) is 0 Å². The van der Waals surface area contributed by atoms with E-state index in [9.17, 15) is 10.4 Å². The Kier molecular flexibility index (Phi) is 3.23. The molecule has 0 radical (unpaired) electrons. The van der Waals surface area contributed by atoms with Gasteiger partial charge in [0.25, 0.3) is 6.17 Å². The molecular formula is C16H17N3O2. The summed E-state index contributed by atoms with van der Waals surface area (Å²) in [4.78, 5) is 4.03. The van der Waals surface area contributed by atoms with Gasteiger partial charge in [0.15, 0.2) is 0 Å². The van der Waals surface area contributed by atoms with Crippen molar-refractivity contribution >= 4 is 5.71 Å². The predicted octanol–water partition coefficient (Wildman–Crippen LogP) is 2.56. The SMILES string of the molecule is CC1(C)C(c2ccccc2)=[N+]([O-])[C@@H](c2cccnc2)N1O. The van der Waals surface area contributed by atoms with E-state index in [1.807, 2.05) is 44.2 Å². The zero-order chi connectivity index (χ0) is 15.0. The maximum Gasteiger partial charge on any atom is 0.269 e. The van der Waals surface area contributed by atoms with Gasteiger partial charge in [-0.3, -0.25) is 4.98 Å². The molecule has 21 heavy (non-hydrogen) atoms. The molecule has 3 rings (SSSR count). The Balaban J connectivity index is 2.15. The van der Waals surface area contributed by atoms with Gasteiger partial charge in [-0.1, -0.05) is 18.2 Å². The van der Waals surface area contributed by atoms with Crippen LogP contribution in [-0.4, -0.2) is 31.2 Å². The third kappa shape index (κ3) is 2.11. The molecule has 0 spiro atoms. The molecule has 0 amide bonds. The Morgan fingerprint density at radius 2 is 1.90 bits per heavy atom. The molecule has 1 aromatic heterocycles. The normalized spacial score (nSPS) is 21.8. The Morgan fingerprint density at radius 3 is 2.52 bits per heavy atom. The third-order valence-electron chi connectivity index (χ3n) is 3.86. The van der Waals surface area contributed by atoms with Crippen LogP contribution in [0.15, 0.2) is 54.9 Å². The molecule has 2 aromatic rings. The van der Waals surface area contributed by atoms with Gasteiger partial charge in [0.2, 0.25) is 5.71 Å². The van der Waals surface area contributed by atoms with Crippen molar-refractivity contribution < 1.29 is 9.95 Å². The lowest BCUT2D eigenvalue weighted by Crippen LogP contribution is -2.44. The van der Waals surface area contributed by atoms with Gasteiger partial charge in [-0.2, -0.15) is 4.74 Å². The fourth-order valence-corrected chi connectivity index (χ4v) is 2.79. The largest absolute Gasteiger partial charge is 0.622 e. The van der Waals surface area contributed by atoms with Gasteiger partial charge >= 0.3 is 0 Å². The van der Waals surface area contributed by atoms with Gasteiger partial charge in [-0.05, 0) is 38.1 Å². The Labute approximate surface area is 123 Å². The van der Waals surface area contributed by atoms with Crippen molar-refractivity contribution in [1.82, 2.24) is 10.0 Å². The Hall–Kier alpha value is -2.24. The number of hydrogen-bond donors (Lipinski definition) is 1. The van der Waals surface area contributed by atoms with Crippen LogP contribution in [0.3, 0.4) is 0 Å². The van der Waals surface area contributed by atoms with Gasteiger partial charge < -0.3 is 10.4 Å². The summed E-state index contributed by atoms with van der Waals surface area (Å²) >= 11 is 0. The summed E-state index contributed by atoms with van der Waals surface area (Å²) in [5.74, 6) is 0. The van der Waals surface area contributed by atoms with Crippen LogP contribution < -0.4 is 0 Å². The van der Waals surface area contributed by atoms with E-state index in [1.165, 1.54) is 0 Å². The second kappa shape index (κ2) is 4.95. The quantitative estimate of drug-likeness (QED) is 0.679. The fourth-order valence-electron chi connectivity index (χ4n) is 2.79. The van der Waals surface area contributed by atoms with Gasteiger partial charge in [-0.15, -0.1) is 5.06 Å². The van der Waals surface area contributed by atoms with Crippen LogP contribution in [0.1, 0.15) is 31.1 Å². The van der Waals surface area contributed by atoms with Crippen LogP contribution in [0.2, 0.25) is 0 Å². The van der Waals surface area contributed by atoms with E-state index in [1.54, 1.807) is 24.5 Å². The molecule has 0 aliphatic carbocycles. The highest BCUT2D eigenvalue weighted by Gasteiger charge is 2.52. The molecule has 1 aromatic carbocycles. The summed E-state index contributed by atoms with van der Waals surface area (Å²) in [6.45, 7) is 3.66. The lowest BCUT2D eigenvalue weighted by molar-refractivity contribution is -0.544. The second-order valence-electron chi connectivity index (χ2n) is 5.60. The standard InChI is InChI=1S/C16H17N3O2/c1-16(2)14(12-7-4-3-5-8-12)18(20)15(19(16)21)13-9-6-10-17-11-13/h3-11,15,21H,1-2H3/t15-/m1/s1. The zero-order valence-electron chi connectivity index (χ0n) is 12.0. The molecule has 1 aliphatic heterocycles. The number of nitrogens with zero attached hydrogens (tertiary/aromatic N) is 3. The summed E-state index contributed by atoms with van der Waals surface area (Å²) in [5, 5.41) is 24.4. The van der Waals surface area contributed by atoms with Crippen molar-refractivity contribution in [2.45, 2.75) is 25.6 Å². The van der Waals surface area contributed by atoms with Crippen molar-refractivity contribution in [2.24, 2.45) is 0 Å². The summed E-state index contributed by atoms with van der Waals surface area (Å²) in [6.07, 6.45) is 2.45. The zero-order valence-corrected chi connectivity index (χ0v) is 12.0. The minimum Gasteiger partial charge on any atom is -0.622 e. The van der Waals surface area contributed by atoms with Crippen LogP contribution in [0, 0.1) is 5.21 Å². The summed E-state index contributed by atoms with van der Waals surface area (Å²) in [7, 11) is 0. The molecule has 108 valence electrons. The minimum absolute atomic E-state index is 0.541. The monoisotopic (exact) mass is 283 g/mol. The molecule has 1 aliphatic rings. The molecule has 2 heterocycles. The Morgan fingerprint density at radius 1 is 1.19 bits per heavy atom. The topological polar surface area (TPSA) is 62.4 Å². The highest BCUT2D eigenvalue weighted by atomic mass is 16.5. The molecule has 0 saturated carbocycles. The average Bonchev–Trinajstić information content (AvgIpc) is 2.67. The van der Waals surface area contributed by atoms with Crippen molar-refractivity contribution in [3.63, 3.8) is 0 Å². The average molecular weight is 283 g/mol. The molecule has 5 nitrogen and oxygen atoms in total. The van der Waals surface area contributed by atoms with Crippen molar-refractivity contribution in [3.8, 4) is 0 Å². The lowest BCUT2D eigenvalue weighted by Gasteiger charge is -2.25. The Bertz CT molecular complexity index is 668. The maximum absolute atomic E-state index is 12.8. The van der Waals surface area contributed by atoms with Gasteiger partial charge in [0.05, 0.1) is 5.56 Å². The number of aromatic nitrogens is 1. The van der Waals surface area contributed by atoms with Crippen molar-refractivity contribution in [3.05, 3.63) is 71.2 Å². The molecule has 0 saturated heterocycles. The third-order valence-corrected chi connectivity index (χ3v) is 3.86. The predicted molar refractivity (Wildman–Crippen MR) is 78.9 cm³/mol. The van der Waals surface area contributed by atoms with Crippen LogP contribution >= 0.6 is 0 Å². The molecule has 0 unspecified atom stereocenters. The first-order valence-corrected chi connectivity index (χ1v) is 6.81. The fraction of sp³-hybridized carbons (Fsp3) is 0.250.